The third kappa shape index (κ3) is 2.02. The van der Waals surface area contributed by atoms with Crippen molar-refractivity contribution in [2.45, 2.75) is 5.88 Å². The number of nitrogens with zero attached hydrogens (tertiary/aromatic N) is 4. The molecule has 0 amide bonds. The Kier molecular flexibility index (Phi) is 3.32. The van der Waals surface area contributed by atoms with E-state index < -0.39 is 0 Å². The maximum Gasteiger partial charge on any atom is 0.129 e. The molecule has 1 aromatic carbocycles. The largest absolute Gasteiger partial charge is 0.376 e. The fourth-order valence-electron chi connectivity index (χ4n) is 2.37. The Balaban J connectivity index is 2.34. The predicted octanol–water partition coefficient (Wildman–Crippen LogP) is 3.23. The lowest BCUT2D eigenvalue weighted by Gasteiger charge is -2.19. The van der Waals surface area contributed by atoms with Gasteiger partial charge in [-0.25, -0.2) is 4.98 Å². The Morgan fingerprint density at radius 3 is 2.75 bits per heavy atom. The zero-order chi connectivity index (χ0) is 14.1. The maximum atomic E-state index is 6.07. The van der Waals surface area contributed by atoms with Crippen molar-refractivity contribution >= 4 is 28.3 Å². The van der Waals surface area contributed by atoms with Gasteiger partial charge in [-0.1, -0.05) is 12.1 Å². The smallest absolute Gasteiger partial charge is 0.129 e. The molecule has 0 spiro atoms. The van der Waals surface area contributed by atoms with E-state index in [9.17, 15) is 0 Å². The molecule has 2 aromatic heterocycles. The van der Waals surface area contributed by atoms with Crippen LogP contribution in [0.3, 0.4) is 0 Å². The van der Waals surface area contributed by atoms with E-state index in [1.807, 2.05) is 32.3 Å². The van der Waals surface area contributed by atoms with Gasteiger partial charge in [0.25, 0.3) is 0 Å². The van der Waals surface area contributed by atoms with E-state index in [1.165, 1.54) is 0 Å². The average Bonchev–Trinajstić information content (AvgIpc) is 2.85. The molecule has 20 heavy (non-hydrogen) atoms. The second-order valence-electron chi connectivity index (χ2n) is 4.74. The molecule has 2 heterocycles. The fourth-order valence-corrected chi connectivity index (χ4v) is 2.55. The summed E-state index contributed by atoms with van der Waals surface area (Å²) in [5, 5.41) is 0. The van der Waals surface area contributed by atoms with Gasteiger partial charge in [0.2, 0.25) is 0 Å². The molecule has 3 aromatic rings. The predicted molar refractivity (Wildman–Crippen MR) is 82.7 cm³/mol. The number of alkyl halides is 1. The molecule has 0 N–H and O–H groups in total. The van der Waals surface area contributed by atoms with Gasteiger partial charge in [-0.15, -0.1) is 11.6 Å². The Labute approximate surface area is 122 Å². The molecule has 0 aliphatic rings. The van der Waals surface area contributed by atoms with E-state index in [4.69, 9.17) is 11.6 Å². The van der Waals surface area contributed by atoms with Gasteiger partial charge >= 0.3 is 0 Å². The fraction of sp³-hybridized carbons (Fsp3) is 0.200. The van der Waals surface area contributed by atoms with Crippen LogP contribution in [0.5, 0.6) is 0 Å². The average molecular weight is 287 g/mol. The van der Waals surface area contributed by atoms with Crippen LogP contribution in [0, 0.1) is 0 Å². The summed E-state index contributed by atoms with van der Waals surface area (Å²) >= 11 is 6.07. The SMILES string of the molecule is CN(C)c1ccccc1-n1c(CCl)nc2cnccc21. The lowest BCUT2D eigenvalue weighted by atomic mass is 10.2. The van der Waals surface area contributed by atoms with Gasteiger partial charge in [-0.2, -0.15) is 0 Å². The summed E-state index contributed by atoms with van der Waals surface area (Å²) in [6.45, 7) is 0. The Morgan fingerprint density at radius 1 is 1.20 bits per heavy atom. The number of halogens is 1. The number of fused-ring (bicyclic) bond motifs is 1. The zero-order valence-electron chi connectivity index (χ0n) is 11.4. The molecule has 102 valence electrons. The quantitative estimate of drug-likeness (QED) is 0.693. The van der Waals surface area contributed by atoms with Gasteiger partial charge < -0.3 is 4.90 Å². The Bertz CT molecular complexity index is 748. The summed E-state index contributed by atoms with van der Waals surface area (Å²) in [4.78, 5) is 10.8. The number of pyridine rings is 1. The summed E-state index contributed by atoms with van der Waals surface area (Å²) in [7, 11) is 4.06. The highest BCUT2D eigenvalue weighted by Crippen LogP contribution is 2.28. The monoisotopic (exact) mass is 286 g/mol. The molecule has 0 unspecified atom stereocenters. The third-order valence-corrected chi connectivity index (χ3v) is 3.49. The molecule has 0 saturated heterocycles. The molecule has 0 aliphatic carbocycles. The molecular weight excluding hydrogens is 272 g/mol. The molecule has 0 saturated carbocycles. The molecule has 0 bridgehead atoms. The second kappa shape index (κ2) is 5.13. The number of anilines is 1. The van der Waals surface area contributed by atoms with Crippen LogP contribution in [-0.2, 0) is 5.88 Å². The van der Waals surface area contributed by atoms with E-state index in [-0.39, 0.29) is 0 Å². The molecule has 0 aliphatic heterocycles. The van der Waals surface area contributed by atoms with Crippen LogP contribution in [0.1, 0.15) is 5.82 Å². The highest BCUT2D eigenvalue weighted by molar-refractivity contribution is 6.17. The van der Waals surface area contributed by atoms with Crippen LogP contribution < -0.4 is 4.90 Å². The normalized spacial score (nSPS) is 10.9. The van der Waals surface area contributed by atoms with Crippen molar-refractivity contribution in [1.29, 1.82) is 0 Å². The number of benzene rings is 1. The van der Waals surface area contributed by atoms with Crippen LogP contribution in [0.2, 0.25) is 0 Å². The van der Waals surface area contributed by atoms with E-state index in [2.05, 4.69) is 31.6 Å². The van der Waals surface area contributed by atoms with Crippen LogP contribution in [0.4, 0.5) is 5.69 Å². The number of para-hydroxylation sites is 2. The van der Waals surface area contributed by atoms with Gasteiger partial charge in [0, 0.05) is 20.3 Å². The van der Waals surface area contributed by atoms with E-state index >= 15 is 0 Å². The third-order valence-electron chi connectivity index (χ3n) is 3.25. The molecule has 0 fully saturated rings. The van der Waals surface area contributed by atoms with Gasteiger partial charge in [0.15, 0.2) is 0 Å². The number of aromatic nitrogens is 3. The number of imidazole rings is 1. The molecule has 5 heteroatoms. The molecule has 0 radical (unpaired) electrons. The summed E-state index contributed by atoms with van der Waals surface area (Å²) in [5.74, 6) is 1.18. The first-order valence-corrected chi connectivity index (χ1v) is 6.90. The summed E-state index contributed by atoms with van der Waals surface area (Å²) in [5.41, 5.74) is 4.07. The molecule has 0 atom stereocenters. The van der Waals surface area contributed by atoms with Crippen molar-refractivity contribution in [1.82, 2.24) is 14.5 Å². The van der Waals surface area contributed by atoms with Crippen molar-refractivity contribution in [3.63, 3.8) is 0 Å². The number of rotatable bonds is 3. The highest BCUT2D eigenvalue weighted by Gasteiger charge is 2.14. The minimum atomic E-state index is 0.358. The first kappa shape index (κ1) is 12.9. The second-order valence-corrected chi connectivity index (χ2v) is 5.01. The summed E-state index contributed by atoms with van der Waals surface area (Å²) in [6.07, 6.45) is 3.54. The summed E-state index contributed by atoms with van der Waals surface area (Å²) < 4.78 is 2.10. The van der Waals surface area contributed by atoms with Crippen molar-refractivity contribution in [2.75, 3.05) is 19.0 Å². The lowest BCUT2D eigenvalue weighted by molar-refractivity contribution is 0.968. The summed E-state index contributed by atoms with van der Waals surface area (Å²) in [6, 6.07) is 10.2. The molecule has 3 rings (SSSR count). The van der Waals surface area contributed by atoms with E-state index in [0.29, 0.717) is 5.88 Å². The number of hydrogen-bond donors (Lipinski definition) is 0. The molecular formula is C15H15ClN4. The lowest BCUT2D eigenvalue weighted by Crippen LogP contribution is -2.13. The highest BCUT2D eigenvalue weighted by atomic mass is 35.5. The standard InChI is InChI=1S/C15H15ClN4/c1-19(2)13-5-3-4-6-14(13)20-12-7-8-17-10-11(12)18-15(20)9-16/h3-8,10H,9H2,1-2H3. The van der Waals surface area contributed by atoms with Gasteiger partial charge in [0.1, 0.15) is 11.3 Å². The van der Waals surface area contributed by atoms with Crippen molar-refractivity contribution in [2.24, 2.45) is 0 Å². The van der Waals surface area contributed by atoms with Crippen LogP contribution in [-0.4, -0.2) is 28.6 Å². The first-order chi connectivity index (χ1) is 9.72. The van der Waals surface area contributed by atoms with Crippen LogP contribution in [0.25, 0.3) is 16.7 Å². The van der Waals surface area contributed by atoms with Gasteiger partial charge in [-0.3, -0.25) is 9.55 Å². The van der Waals surface area contributed by atoms with Crippen molar-refractivity contribution in [3.8, 4) is 5.69 Å². The molecule has 4 nitrogen and oxygen atoms in total. The zero-order valence-corrected chi connectivity index (χ0v) is 12.2. The Hall–Kier alpha value is -2.07. The number of hydrogen-bond acceptors (Lipinski definition) is 3. The van der Waals surface area contributed by atoms with Crippen molar-refractivity contribution < 1.29 is 0 Å². The van der Waals surface area contributed by atoms with Crippen molar-refractivity contribution in [3.05, 3.63) is 48.5 Å². The topological polar surface area (TPSA) is 34.0 Å². The van der Waals surface area contributed by atoms with E-state index in [0.717, 1.165) is 28.2 Å². The first-order valence-electron chi connectivity index (χ1n) is 6.36. The van der Waals surface area contributed by atoms with Crippen LogP contribution in [0.15, 0.2) is 42.7 Å². The minimum absolute atomic E-state index is 0.358. The van der Waals surface area contributed by atoms with E-state index in [1.54, 1.807) is 12.4 Å². The van der Waals surface area contributed by atoms with Gasteiger partial charge in [0.05, 0.1) is 29.0 Å². The minimum Gasteiger partial charge on any atom is -0.376 e. The van der Waals surface area contributed by atoms with Crippen LogP contribution >= 0.6 is 11.6 Å². The van der Waals surface area contributed by atoms with Gasteiger partial charge in [-0.05, 0) is 18.2 Å². The maximum absolute atomic E-state index is 6.07. The Morgan fingerprint density at radius 2 is 2.00 bits per heavy atom.